The summed E-state index contributed by atoms with van der Waals surface area (Å²) in [5.41, 5.74) is 1.89. The molecule has 4 fully saturated rings. The van der Waals surface area contributed by atoms with Gasteiger partial charge in [-0.25, -0.2) is 4.98 Å². The normalized spacial score (nSPS) is 33.3. The van der Waals surface area contributed by atoms with Crippen LogP contribution in [0.3, 0.4) is 0 Å². The molecule has 5 nitrogen and oxygen atoms in total. The molecule has 2 N–H and O–H groups in total. The van der Waals surface area contributed by atoms with Gasteiger partial charge in [0, 0.05) is 0 Å². The van der Waals surface area contributed by atoms with Crippen LogP contribution in [0.4, 0.5) is 0 Å². The van der Waals surface area contributed by atoms with Crippen LogP contribution < -0.4 is 4.74 Å². The molecule has 0 saturated heterocycles. The minimum Gasteiger partial charge on any atom is -0.464 e. The van der Waals surface area contributed by atoms with Gasteiger partial charge >= 0.3 is 0 Å². The van der Waals surface area contributed by atoms with Crippen molar-refractivity contribution in [1.29, 1.82) is 0 Å². The van der Waals surface area contributed by atoms with Gasteiger partial charge in [-0.15, -0.1) is 0 Å². The fourth-order valence-corrected chi connectivity index (χ4v) is 6.56. The summed E-state index contributed by atoms with van der Waals surface area (Å²) in [6.45, 7) is 0. The number of aliphatic hydroxyl groups is 1. The van der Waals surface area contributed by atoms with Gasteiger partial charge in [-0.1, -0.05) is 23.9 Å². The van der Waals surface area contributed by atoms with Gasteiger partial charge in [-0.3, -0.25) is 5.10 Å². The highest BCUT2D eigenvalue weighted by atomic mass is 32.2. The zero-order chi connectivity index (χ0) is 17.6. The van der Waals surface area contributed by atoms with Crippen molar-refractivity contribution < 1.29 is 9.84 Å². The van der Waals surface area contributed by atoms with E-state index < -0.39 is 6.29 Å². The number of H-pyrrole nitrogens is 1. The fraction of sp³-hybridized carbons (Fsp3) is 0.600. The number of aliphatic hydroxyl groups excluding tert-OH is 1. The SMILES string of the molecule is OC(CSc1ncn[nH]1)Oc1ccc(C23CC4CC(CC(C4)C2)C3)cc1. The Morgan fingerprint density at radius 1 is 1.12 bits per heavy atom. The number of aromatic nitrogens is 3. The monoisotopic (exact) mass is 371 g/mol. The molecule has 0 radical (unpaired) electrons. The number of aromatic amines is 1. The molecule has 0 aliphatic heterocycles. The van der Waals surface area contributed by atoms with Gasteiger partial charge in [0.1, 0.15) is 12.1 Å². The predicted octanol–water partition coefficient (Wildman–Crippen LogP) is 3.76. The highest BCUT2D eigenvalue weighted by Gasteiger charge is 2.51. The largest absolute Gasteiger partial charge is 0.464 e. The van der Waals surface area contributed by atoms with E-state index >= 15 is 0 Å². The summed E-state index contributed by atoms with van der Waals surface area (Å²) in [6.07, 6.45) is 9.11. The van der Waals surface area contributed by atoms with Gasteiger partial charge in [0.05, 0.1) is 5.75 Å². The quantitative estimate of drug-likeness (QED) is 0.598. The first-order chi connectivity index (χ1) is 12.7. The van der Waals surface area contributed by atoms with Gasteiger partial charge in [0.15, 0.2) is 5.16 Å². The third kappa shape index (κ3) is 3.14. The number of nitrogens with zero attached hydrogens (tertiary/aromatic N) is 2. The standard InChI is InChI=1S/C20H25N3O2S/c24-18(11-26-19-21-12-22-23-19)25-17-3-1-16(2-4-17)20-8-13-5-14(9-20)7-15(6-13)10-20/h1-4,12-15,18,24H,5-11H2,(H,21,22,23). The van der Waals surface area contributed by atoms with Crippen molar-refractivity contribution in [2.24, 2.45) is 17.8 Å². The van der Waals surface area contributed by atoms with Crippen LogP contribution in [0.1, 0.15) is 44.1 Å². The Hall–Kier alpha value is -1.53. The van der Waals surface area contributed by atoms with Crippen molar-refractivity contribution in [3.8, 4) is 5.75 Å². The average Bonchev–Trinajstić information content (AvgIpc) is 3.13. The summed E-state index contributed by atoms with van der Waals surface area (Å²) in [6, 6.07) is 8.52. The lowest BCUT2D eigenvalue weighted by Gasteiger charge is -2.57. The lowest BCUT2D eigenvalue weighted by Crippen LogP contribution is -2.48. The molecule has 1 atom stereocenters. The zero-order valence-electron chi connectivity index (χ0n) is 14.8. The second kappa shape index (κ2) is 6.57. The molecule has 4 saturated carbocycles. The number of hydrogen-bond acceptors (Lipinski definition) is 5. The average molecular weight is 372 g/mol. The van der Waals surface area contributed by atoms with Crippen LogP contribution in [0.25, 0.3) is 0 Å². The van der Waals surface area contributed by atoms with E-state index in [1.807, 2.05) is 12.1 Å². The molecule has 1 aromatic heterocycles. The third-order valence-electron chi connectivity index (χ3n) is 6.53. The number of thioether (sulfide) groups is 1. The highest BCUT2D eigenvalue weighted by Crippen LogP contribution is 2.60. The van der Waals surface area contributed by atoms with Crippen LogP contribution in [0.5, 0.6) is 5.75 Å². The minimum absolute atomic E-state index is 0.409. The second-order valence-corrected chi connectivity index (χ2v) is 9.41. The van der Waals surface area contributed by atoms with Crippen LogP contribution in [0.2, 0.25) is 0 Å². The van der Waals surface area contributed by atoms with E-state index in [2.05, 4.69) is 27.3 Å². The van der Waals surface area contributed by atoms with Crippen molar-refractivity contribution in [2.75, 3.05) is 5.75 Å². The van der Waals surface area contributed by atoms with Crippen LogP contribution in [-0.4, -0.2) is 32.3 Å². The summed E-state index contributed by atoms with van der Waals surface area (Å²) in [5, 5.41) is 17.3. The van der Waals surface area contributed by atoms with Crippen molar-refractivity contribution in [1.82, 2.24) is 15.2 Å². The van der Waals surface area contributed by atoms with Crippen molar-refractivity contribution in [3.05, 3.63) is 36.2 Å². The molecule has 6 heteroatoms. The molecule has 138 valence electrons. The summed E-state index contributed by atoms with van der Waals surface area (Å²) in [4.78, 5) is 4.03. The Morgan fingerprint density at radius 2 is 1.77 bits per heavy atom. The number of ether oxygens (including phenoxy) is 1. The Bertz CT molecular complexity index is 712. The molecular formula is C20H25N3O2S. The number of rotatable bonds is 6. The third-order valence-corrected chi connectivity index (χ3v) is 7.45. The lowest BCUT2D eigenvalue weighted by atomic mass is 9.48. The van der Waals surface area contributed by atoms with E-state index in [4.69, 9.17) is 4.74 Å². The van der Waals surface area contributed by atoms with E-state index in [9.17, 15) is 5.11 Å². The molecule has 1 unspecified atom stereocenters. The Balaban J connectivity index is 1.23. The van der Waals surface area contributed by atoms with Crippen molar-refractivity contribution >= 4 is 11.8 Å². The van der Waals surface area contributed by atoms with Crippen LogP contribution in [0.15, 0.2) is 35.7 Å². The number of nitrogens with one attached hydrogen (secondary N) is 1. The molecule has 4 aliphatic carbocycles. The van der Waals surface area contributed by atoms with Crippen LogP contribution >= 0.6 is 11.8 Å². The maximum Gasteiger partial charge on any atom is 0.207 e. The number of hydrogen-bond donors (Lipinski definition) is 2. The molecule has 1 heterocycles. The first-order valence-corrected chi connectivity index (χ1v) is 10.6. The fourth-order valence-electron chi connectivity index (χ4n) is 5.96. The molecule has 26 heavy (non-hydrogen) atoms. The van der Waals surface area contributed by atoms with E-state index in [1.54, 1.807) is 0 Å². The molecular weight excluding hydrogens is 346 g/mol. The van der Waals surface area contributed by atoms with E-state index in [0.29, 0.717) is 16.3 Å². The van der Waals surface area contributed by atoms with E-state index in [0.717, 1.165) is 23.5 Å². The van der Waals surface area contributed by atoms with Gasteiger partial charge < -0.3 is 9.84 Å². The van der Waals surface area contributed by atoms with Crippen LogP contribution in [-0.2, 0) is 5.41 Å². The minimum atomic E-state index is -0.865. The summed E-state index contributed by atoms with van der Waals surface area (Å²) in [7, 11) is 0. The van der Waals surface area contributed by atoms with Crippen molar-refractivity contribution in [3.63, 3.8) is 0 Å². The molecule has 4 bridgehead atoms. The zero-order valence-corrected chi connectivity index (χ0v) is 15.6. The smallest absolute Gasteiger partial charge is 0.207 e. The second-order valence-electron chi connectivity index (χ2n) is 8.40. The van der Waals surface area contributed by atoms with E-state index in [1.165, 1.54) is 62.2 Å². The molecule has 6 rings (SSSR count). The first kappa shape index (κ1) is 16.6. The lowest BCUT2D eigenvalue weighted by molar-refractivity contribution is -0.00554. The van der Waals surface area contributed by atoms with Gasteiger partial charge in [-0.2, -0.15) is 5.10 Å². The first-order valence-electron chi connectivity index (χ1n) is 9.62. The summed E-state index contributed by atoms with van der Waals surface area (Å²) in [5.74, 6) is 3.99. The molecule has 0 amide bonds. The Labute approximate surface area is 157 Å². The maximum atomic E-state index is 10.1. The Morgan fingerprint density at radius 3 is 2.35 bits per heavy atom. The topological polar surface area (TPSA) is 71.0 Å². The summed E-state index contributed by atoms with van der Waals surface area (Å²) < 4.78 is 5.66. The molecule has 2 aromatic rings. The van der Waals surface area contributed by atoms with Crippen molar-refractivity contribution in [2.45, 2.75) is 55.4 Å². The highest BCUT2D eigenvalue weighted by molar-refractivity contribution is 7.99. The summed E-state index contributed by atoms with van der Waals surface area (Å²) >= 11 is 1.39. The van der Waals surface area contributed by atoms with E-state index in [-0.39, 0.29) is 0 Å². The van der Waals surface area contributed by atoms with Crippen LogP contribution in [0, 0.1) is 17.8 Å². The van der Waals surface area contributed by atoms with Gasteiger partial charge in [0.25, 0.3) is 0 Å². The molecule has 4 aliphatic rings. The molecule has 0 spiro atoms. The van der Waals surface area contributed by atoms with Gasteiger partial charge in [-0.05, 0) is 79.4 Å². The predicted molar refractivity (Wildman–Crippen MR) is 100 cm³/mol. The number of benzene rings is 1. The Kier molecular flexibility index (Phi) is 4.20. The van der Waals surface area contributed by atoms with Gasteiger partial charge in [0.2, 0.25) is 6.29 Å². The maximum absolute atomic E-state index is 10.1. The molecule has 1 aromatic carbocycles.